The molecule has 5 aromatic rings. The molecule has 0 unspecified atom stereocenters. The molecule has 4 heteroatoms. The highest BCUT2D eigenvalue weighted by molar-refractivity contribution is 6.00. The van der Waals surface area contributed by atoms with Gasteiger partial charge in [-0.3, -0.25) is 4.79 Å². The van der Waals surface area contributed by atoms with Crippen LogP contribution in [0.4, 0.5) is 0 Å². The molecule has 4 nitrogen and oxygen atoms in total. The Kier molecular flexibility index (Phi) is 4.40. The molecule has 0 spiro atoms. The lowest BCUT2D eigenvalue weighted by atomic mass is 10.1. The van der Waals surface area contributed by atoms with Crippen molar-refractivity contribution in [2.24, 2.45) is 7.05 Å². The van der Waals surface area contributed by atoms with Gasteiger partial charge in [0.25, 0.3) is 0 Å². The van der Waals surface area contributed by atoms with Crippen LogP contribution in [0.15, 0.2) is 88.1 Å². The van der Waals surface area contributed by atoms with Gasteiger partial charge in [-0.05, 0) is 35.4 Å². The van der Waals surface area contributed by atoms with Crippen LogP contribution in [0.2, 0.25) is 0 Å². The molecular formula is C26H21NO3. The van der Waals surface area contributed by atoms with Crippen LogP contribution in [-0.2, 0) is 13.5 Å². The number of rotatable bonds is 4. The van der Waals surface area contributed by atoms with Crippen molar-refractivity contribution in [2.75, 3.05) is 7.11 Å². The summed E-state index contributed by atoms with van der Waals surface area (Å²) in [5, 5.41) is 1.23. The Morgan fingerprint density at radius 1 is 0.900 bits per heavy atom. The number of ether oxygens (including phenoxy) is 1. The molecule has 0 saturated heterocycles. The molecule has 0 fully saturated rings. The van der Waals surface area contributed by atoms with Gasteiger partial charge < -0.3 is 13.7 Å². The Morgan fingerprint density at radius 3 is 2.33 bits per heavy atom. The maximum Gasteiger partial charge on any atom is 0.202 e. The first-order valence-corrected chi connectivity index (χ1v) is 9.89. The number of hydrogen-bond donors (Lipinski definition) is 0. The second kappa shape index (κ2) is 7.23. The lowest BCUT2D eigenvalue weighted by Crippen LogP contribution is -2.02. The van der Waals surface area contributed by atoms with E-state index in [2.05, 4.69) is 4.57 Å². The Labute approximate surface area is 174 Å². The molecule has 2 heterocycles. The first-order valence-electron chi connectivity index (χ1n) is 9.89. The fourth-order valence-corrected chi connectivity index (χ4v) is 4.08. The summed E-state index contributed by atoms with van der Waals surface area (Å²) < 4.78 is 13.7. The van der Waals surface area contributed by atoms with Crippen molar-refractivity contribution in [1.29, 1.82) is 0 Å². The average molecular weight is 395 g/mol. The van der Waals surface area contributed by atoms with E-state index in [4.69, 9.17) is 9.15 Å². The Hall–Kier alpha value is -3.79. The molecule has 0 radical (unpaired) electrons. The third kappa shape index (κ3) is 2.89. The molecule has 0 bridgehead atoms. The number of para-hydroxylation sites is 1. The predicted molar refractivity (Wildman–Crippen MR) is 120 cm³/mol. The van der Waals surface area contributed by atoms with E-state index in [0.29, 0.717) is 28.4 Å². The van der Waals surface area contributed by atoms with Crippen LogP contribution in [0.5, 0.6) is 5.75 Å². The third-order valence-corrected chi connectivity index (χ3v) is 5.61. The van der Waals surface area contributed by atoms with E-state index < -0.39 is 0 Å². The van der Waals surface area contributed by atoms with E-state index in [1.807, 2.05) is 85.9 Å². The van der Waals surface area contributed by atoms with Gasteiger partial charge in [0.15, 0.2) is 5.58 Å². The average Bonchev–Trinajstić information content (AvgIpc) is 3.07. The normalized spacial score (nSPS) is 11.3. The van der Waals surface area contributed by atoms with Crippen molar-refractivity contribution in [1.82, 2.24) is 4.57 Å². The number of fused-ring (bicyclic) bond motifs is 2. The Bertz CT molecular complexity index is 1410. The minimum atomic E-state index is 0.00211. The summed E-state index contributed by atoms with van der Waals surface area (Å²) in [6.07, 6.45) is 0.644. The van der Waals surface area contributed by atoms with E-state index in [1.54, 1.807) is 7.11 Å². The zero-order valence-corrected chi connectivity index (χ0v) is 16.9. The van der Waals surface area contributed by atoms with E-state index in [0.717, 1.165) is 28.3 Å². The summed E-state index contributed by atoms with van der Waals surface area (Å²) in [7, 11) is 3.66. The SMILES string of the molecule is COc1ccc(Cc2c3oc4ccccc4c(=O)c3c(-c3ccccc3)n2C)cc1. The van der Waals surface area contributed by atoms with Crippen molar-refractivity contribution in [3.05, 3.63) is 100 Å². The van der Waals surface area contributed by atoms with Gasteiger partial charge in [0.2, 0.25) is 5.43 Å². The van der Waals surface area contributed by atoms with Crippen LogP contribution in [0.3, 0.4) is 0 Å². The molecule has 0 amide bonds. The summed E-state index contributed by atoms with van der Waals surface area (Å²) in [5.74, 6) is 0.818. The third-order valence-electron chi connectivity index (χ3n) is 5.61. The van der Waals surface area contributed by atoms with E-state index in [9.17, 15) is 4.79 Å². The minimum absolute atomic E-state index is 0.00211. The van der Waals surface area contributed by atoms with Gasteiger partial charge in [-0.2, -0.15) is 0 Å². The number of methoxy groups -OCH3 is 1. The molecule has 30 heavy (non-hydrogen) atoms. The molecular weight excluding hydrogens is 374 g/mol. The van der Waals surface area contributed by atoms with Gasteiger partial charge >= 0.3 is 0 Å². The van der Waals surface area contributed by atoms with E-state index in [1.165, 1.54) is 0 Å². The first kappa shape index (κ1) is 18.3. The monoisotopic (exact) mass is 395 g/mol. The smallest absolute Gasteiger partial charge is 0.202 e. The summed E-state index contributed by atoms with van der Waals surface area (Å²) in [5.41, 5.74) is 5.22. The molecule has 0 saturated carbocycles. The highest BCUT2D eigenvalue weighted by atomic mass is 16.5. The van der Waals surface area contributed by atoms with Gasteiger partial charge in [-0.1, -0.05) is 54.6 Å². The van der Waals surface area contributed by atoms with E-state index in [-0.39, 0.29) is 5.43 Å². The van der Waals surface area contributed by atoms with Crippen molar-refractivity contribution < 1.29 is 9.15 Å². The standard InChI is InChI=1S/C26H21NO3/c1-27-21(16-17-12-14-19(29-2)15-13-17)26-23(24(27)18-8-4-3-5-9-18)25(28)20-10-6-7-11-22(20)30-26/h3-15H,16H2,1-2H3. The number of aromatic nitrogens is 1. The number of benzene rings is 3. The van der Waals surface area contributed by atoms with Crippen LogP contribution < -0.4 is 10.2 Å². The van der Waals surface area contributed by atoms with Gasteiger partial charge in [0.1, 0.15) is 11.3 Å². The molecule has 0 atom stereocenters. The van der Waals surface area contributed by atoms with Crippen molar-refractivity contribution >= 4 is 21.9 Å². The summed E-state index contributed by atoms with van der Waals surface area (Å²) >= 11 is 0. The van der Waals surface area contributed by atoms with Gasteiger partial charge in [-0.15, -0.1) is 0 Å². The molecule has 0 N–H and O–H groups in total. The number of nitrogens with zero attached hydrogens (tertiary/aromatic N) is 1. The van der Waals surface area contributed by atoms with Crippen LogP contribution in [0.25, 0.3) is 33.2 Å². The maximum atomic E-state index is 13.5. The fourth-order valence-electron chi connectivity index (χ4n) is 4.08. The quantitative estimate of drug-likeness (QED) is 0.401. The molecule has 0 aliphatic carbocycles. The van der Waals surface area contributed by atoms with Gasteiger partial charge in [-0.25, -0.2) is 0 Å². The van der Waals surface area contributed by atoms with Crippen molar-refractivity contribution in [3.8, 4) is 17.0 Å². The minimum Gasteiger partial charge on any atom is -0.497 e. The highest BCUT2D eigenvalue weighted by Crippen LogP contribution is 2.34. The van der Waals surface area contributed by atoms with Crippen LogP contribution >= 0.6 is 0 Å². The maximum absolute atomic E-state index is 13.5. The van der Waals surface area contributed by atoms with Gasteiger partial charge in [0.05, 0.1) is 29.3 Å². The van der Waals surface area contributed by atoms with Crippen molar-refractivity contribution in [2.45, 2.75) is 6.42 Å². The molecule has 5 rings (SSSR count). The number of hydrogen-bond acceptors (Lipinski definition) is 3. The van der Waals surface area contributed by atoms with Crippen LogP contribution in [-0.4, -0.2) is 11.7 Å². The molecule has 2 aromatic heterocycles. The van der Waals surface area contributed by atoms with Gasteiger partial charge in [0, 0.05) is 13.5 Å². The predicted octanol–water partition coefficient (Wildman–Crippen LogP) is 5.55. The Balaban J connectivity index is 1.81. The zero-order chi connectivity index (χ0) is 20.7. The van der Waals surface area contributed by atoms with Crippen molar-refractivity contribution in [3.63, 3.8) is 0 Å². The zero-order valence-electron chi connectivity index (χ0n) is 16.9. The van der Waals surface area contributed by atoms with Crippen LogP contribution in [0.1, 0.15) is 11.3 Å². The fraction of sp³-hybridized carbons (Fsp3) is 0.115. The second-order valence-corrected chi connectivity index (χ2v) is 7.38. The highest BCUT2D eigenvalue weighted by Gasteiger charge is 2.22. The lowest BCUT2D eigenvalue weighted by molar-refractivity contribution is 0.414. The Morgan fingerprint density at radius 2 is 1.60 bits per heavy atom. The largest absolute Gasteiger partial charge is 0.497 e. The summed E-state index contributed by atoms with van der Waals surface area (Å²) in [6.45, 7) is 0. The van der Waals surface area contributed by atoms with Crippen LogP contribution in [0, 0.1) is 0 Å². The second-order valence-electron chi connectivity index (χ2n) is 7.38. The first-order chi connectivity index (χ1) is 14.7. The molecule has 0 aliphatic rings. The summed E-state index contributed by atoms with van der Waals surface area (Å²) in [4.78, 5) is 13.5. The molecule has 148 valence electrons. The molecule has 3 aromatic carbocycles. The molecule has 0 aliphatic heterocycles. The topological polar surface area (TPSA) is 44.4 Å². The lowest BCUT2D eigenvalue weighted by Gasteiger charge is -2.08. The van der Waals surface area contributed by atoms with E-state index >= 15 is 0 Å². The summed E-state index contributed by atoms with van der Waals surface area (Å²) in [6, 6.07) is 25.4.